The van der Waals surface area contributed by atoms with Gasteiger partial charge in [-0.2, -0.15) is 0 Å². The number of aryl methyl sites for hydroxylation is 1. The Morgan fingerprint density at radius 2 is 1.56 bits per heavy atom. The number of aromatic nitrogens is 3. The van der Waals surface area contributed by atoms with Crippen LogP contribution in [0.15, 0.2) is 91.1 Å². The van der Waals surface area contributed by atoms with Gasteiger partial charge in [0, 0.05) is 13.1 Å². The molecule has 5 rings (SSSR count). The van der Waals surface area contributed by atoms with Crippen LogP contribution in [0.4, 0.5) is 0 Å². The molecule has 1 amide bonds. The van der Waals surface area contributed by atoms with Crippen molar-refractivity contribution < 1.29 is 14.3 Å². The van der Waals surface area contributed by atoms with E-state index in [-0.39, 0.29) is 29.7 Å². The minimum atomic E-state index is -0.532. The first kappa shape index (κ1) is 26.3. The third-order valence-electron chi connectivity index (χ3n) is 7.33. The smallest absolute Gasteiger partial charge is 0.360 e. The lowest BCUT2D eigenvalue weighted by Crippen LogP contribution is -2.44. The number of likely N-dealkylation sites (tertiary alicyclic amines) is 1. The van der Waals surface area contributed by atoms with Gasteiger partial charge in [-0.15, -0.1) is 5.10 Å². The maximum absolute atomic E-state index is 14.0. The van der Waals surface area contributed by atoms with Crippen molar-refractivity contribution in [2.45, 2.75) is 44.4 Å². The van der Waals surface area contributed by atoms with Gasteiger partial charge in [0.2, 0.25) is 5.91 Å². The second-order valence-corrected chi connectivity index (χ2v) is 9.84. The first-order chi connectivity index (χ1) is 19.1. The Hall–Kier alpha value is -4.30. The number of rotatable bonds is 9. The monoisotopic (exact) mass is 523 g/mol. The lowest BCUT2D eigenvalue weighted by molar-refractivity contribution is -0.126. The van der Waals surface area contributed by atoms with Crippen LogP contribution in [0.5, 0.6) is 0 Å². The predicted octanol–water partition coefficient (Wildman–Crippen LogP) is 4.35. The average Bonchev–Trinajstić information content (AvgIpc) is 3.65. The Morgan fingerprint density at radius 3 is 2.15 bits per heavy atom. The maximum atomic E-state index is 14.0. The Kier molecular flexibility index (Phi) is 8.13. The zero-order valence-electron chi connectivity index (χ0n) is 22.2. The van der Waals surface area contributed by atoms with Crippen molar-refractivity contribution in [3.8, 4) is 0 Å². The van der Waals surface area contributed by atoms with Crippen LogP contribution < -0.4 is 5.32 Å². The number of carbonyl (C=O) groups excluding carboxylic acids is 2. The molecule has 1 saturated heterocycles. The third-order valence-corrected chi connectivity index (χ3v) is 7.33. The molecule has 0 saturated carbocycles. The predicted molar refractivity (Wildman–Crippen MR) is 148 cm³/mol. The lowest BCUT2D eigenvalue weighted by Gasteiger charge is -2.27. The number of hydrogen-bond donors (Lipinski definition) is 1. The van der Waals surface area contributed by atoms with E-state index in [9.17, 15) is 9.59 Å². The second kappa shape index (κ2) is 12.0. The van der Waals surface area contributed by atoms with Crippen LogP contribution in [0, 0.1) is 0 Å². The van der Waals surface area contributed by atoms with Crippen molar-refractivity contribution in [1.82, 2.24) is 25.2 Å². The second-order valence-electron chi connectivity index (χ2n) is 9.84. The highest BCUT2D eigenvalue weighted by Crippen LogP contribution is 2.30. The van der Waals surface area contributed by atoms with Crippen molar-refractivity contribution in [3.63, 3.8) is 0 Å². The van der Waals surface area contributed by atoms with E-state index in [1.54, 1.807) is 10.9 Å². The molecule has 1 N–H and O–H groups in total. The molecule has 8 nitrogen and oxygen atoms in total. The van der Waals surface area contributed by atoms with Gasteiger partial charge < -0.3 is 10.1 Å². The molecule has 1 aromatic heterocycles. The summed E-state index contributed by atoms with van der Waals surface area (Å²) in [6.07, 6.45) is 3.12. The summed E-state index contributed by atoms with van der Waals surface area (Å²) in [4.78, 5) is 28.1. The SMILES string of the molecule is CCc1ccc(CN2C[C@H](n3cc(C(=O)OC)nn3)C[C@H]2C(=O)NC(c2ccccc2)c2ccccc2)cc1. The van der Waals surface area contributed by atoms with Crippen LogP contribution in [0.2, 0.25) is 0 Å². The topological polar surface area (TPSA) is 89.3 Å². The highest BCUT2D eigenvalue weighted by molar-refractivity contribution is 5.86. The summed E-state index contributed by atoms with van der Waals surface area (Å²) < 4.78 is 6.47. The van der Waals surface area contributed by atoms with Gasteiger partial charge in [0.15, 0.2) is 5.69 Å². The summed E-state index contributed by atoms with van der Waals surface area (Å²) >= 11 is 0. The summed E-state index contributed by atoms with van der Waals surface area (Å²) in [5, 5.41) is 11.5. The standard InChI is InChI=1S/C31H33N5O3/c1-3-22-14-16-23(17-15-22)19-35-20-26(36-21-27(33-34-36)31(38)39-2)18-28(35)30(37)32-29(24-10-6-4-7-11-24)25-12-8-5-9-13-25/h4-17,21,26,28-29H,3,18-20H2,1-2H3,(H,32,37)/t26-,28+/m1/s1. The quantitative estimate of drug-likeness (QED) is 0.328. The largest absolute Gasteiger partial charge is 0.464 e. The van der Waals surface area contributed by atoms with E-state index >= 15 is 0 Å². The number of ether oxygens (including phenoxy) is 1. The number of hydrogen-bond acceptors (Lipinski definition) is 6. The van der Waals surface area contributed by atoms with Crippen LogP contribution in [0.25, 0.3) is 0 Å². The third kappa shape index (κ3) is 6.07. The van der Waals surface area contributed by atoms with Crippen molar-refractivity contribution in [3.05, 3.63) is 119 Å². The fourth-order valence-corrected chi connectivity index (χ4v) is 5.18. The molecule has 1 aliphatic rings. The van der Waals surface area contributed by atoms with Crippen LogP contribution in [-0.2, 0) is 22.5 Å². The number of methoxy groups -OCH3 is 1. The van der Waals surface area contributed by atoms with E-state index in [1.165, 1.54) is 12.7 Å². The number of amides is 1. The Morgan fingerprint density at radius 1 is 0.949 bits per heavy atom. The first-order valence-corrected chi connectivity index (χ1v) is 13.3. The molecule has 2 atom stereocenters. The number of benzene rings is 3. The molecular weight excluding hydrogens is 490 g/mol. The van der Waals surface area contributed by atoms with E-state index in [4.69, 9.17) is 4.74 Å². The van der Waals surface area contributed by atoms with Crippen molar-refractivity contribution >= 4 is 11.9 Å². The van der Waals surface area contributed by atoms with Gasteiger partial charge >= 0.3 is 5.97 Å². The first-order valence-electron chi connectivity index (χ1n) is 13.3. The molecule has 1 aliphatic heterocycles. The minimum Gasteiger partial charge on any atom is -0.464 e. The van der Waals surface area contributed by atoms with Crippen LogP contribution >= 0.6 is 0 Å². The fraction of sp³-hybridized carbons (Fsp3) is 0.290. The van der Waals surface area contributed by atoms with Crippen molar-refractivity contribution in [1.29, 1.82) is 0 Å². The van der Waals surface area contributed by atoms with Gasteiger partial charge in [-0.1, -0.05) is 97.1 Å². The number of nitrogens with one attached hydrogen (secondary N) is 1. The highest BCUT2D eigenvalue weighted by atomic mass is 16.5. The van der Waals surface area contributed by atoms with Crippen LogP contribution in [0.1, 0.15) is 58.2 Å². The van der Waals surface area contributed by atoms with Crippen LogP contribution in [-0.4, -0.2) is 51.5 Å². The molecule has 0 bridgehead atoms. The van der Waals surface area contributed by atoms with E-state index in [2.05, 4.69) is 51.7 Å². The molecule has 200 valence electrons. The highest BCUT2D eigenvalue weighted by Gasteiger charge is 2.39. The number of carbonyl (C=O) groups is 2. The van der Waals surface area contributed by atoms with E-state index in [0.29, 0.717) is 19.5 Å². The van der Waals surface area contributed by atoms with Crippen molar-refractivity contribution in [2.24, 2.45) is 0 Å². The maximum Gasteiger partial charge on any atom is 0.360 e. The normalized spacial score (nSPS) is 17.3. The van der Waals surface area contributed by atoms with Gasteiger partial charge in [-0.25, -0.2) is 9.48 Å². The van der Waals surface area contributed by atoms with Crippen LogP contribution in [0.3, 0.4) is 0 Å². The minimum absolute atomic E-state index is 0.0475. The summed E-state index contributed by atoms with van der Waals surface area (Å²) in [5.74, 6) is -0.580. The summed E-state index contributed by atoms with van der Waals surface area (Å²) in [6.45, 7) is 3.36. The molecule has 0 aliphatic carbocycles. The summed E-state index contributed by atoms with van der Waals surface area (Å²) in [6, 6.07) is 27.8. The molecule has 0 spiro atoms. The zero-order chi connectivity index (χ0) is 27.2. The molecule has 8 heteroatoms. The van der Waals surface area contributed by atoms with Gasteiger partial charge in [-0.05, 0) is 35.1 Å². The number of esters is 1. The van der Waals surface area contributed by atoms with Gasteiger partial charge in [0.25, 0.3) is 0 Å². The Bertz CT molecular complexity index is 1350. The van der Waals surface area contributed by atoms with Gasteiger partial charge in [0.1, 0.15) is 0 Å². The Labute approximate surface area is 228 Å². The Balaban J connectivity index is 1.41. The van der Waals surface area contributed by atoms with Crippen molar-refractivity contribution in [2.75, 3.05) is 13.7 Å². The lowest BCUT2D eigenvalue weighted by atomic mass is 9.98. The van der Waals surface area contributed by atoms with Gasteiger partial charge in [-0.3, -0.25) is 9.69 Å². The molecule has 0 unspecified atom stereocenters. The van der Waals surface area contributed by atoms with E-state index in [0.717, 1.165) is 23.1 Å². The zero-order valence-corrected chi connectivity index (χ0v) is 22.2. The van der Waals surface area contributed by atoms with E-state index < -0.39 is 5.97 Å². The molecule has 2 heterocycles. The summed E-state index contributed by atoms with van der Waals surface area (Å²) in [5.41, 5.74) is 4.61. The van der Waals surface area contributed by atoms with E-state index in [1.807, 2.05) is 60.7 Å². The molecule has 39 heavy (non-hydrogen) atoms. The molecule has 0 radical (unpaired) electrons. The molecule has 3 aromatic carbocycles. The fourth-order valence-electron chi connectivity index (χ4n) is 5.18. The molecule has 1 fully saturated rings. The van der Waals surface area contributed by atoms with Gasteiger partial charge in [0.05, 0.1) is 31.4 Å². The summed E-state index contributed by atoms with van der Waals surface area (Å²) in [7, 11) is 1.32. The average molecular weight is 524 g/mol. The number of nitrogens with zero attached hydrogens (tertiary/aromatic N) is 4. The molecular formula is C31H33N5O3. The molecule has 4 aromatic rings.